The summed E-state index contributed by atoms with van der Waals surface area (Å²) < 4.78 is 22.2. The highest BCUT2D eigenvalue weighted by Crippen LogP contribution is 2.30. The Balaban J connectivity index is 1.47. The summed E-state index contributed by atoms with van der Waals surface area (Å²) in [4.78, 5) is 12.2. The summed E-state index contributed by atoms with van der Waals surface area (Å²) in [6, 6.07) is 14.6. The third kappa shape index (κ3) is 4.35. The number of rotatable bonds is 6. The first kappa shape index (κ1) is 17.0. The van der Waals surface area contributed by atoms with Gasteiger partial charge < -0.3 is 24.3 Å². The second kappa shape index (κ2) is 7.79. The molecule has 0 bridgehead atoms. The maximum Gasteiger partial charge on any atom is 0.260 e. The lowest BCUT2D eigenvalue weighted by Crippen LogP contribution is -2.44. The third-order valence-corrected chi connectivity index (χ3v) is 3.81. The van der Waals surface area contributed by atoms with Crippen LogP contribution in [0.5, 0.6) is 23.0 Å². The number of hydrogen-bond acceptors (Lipinski definition) is 5. The van der Waals surface area contributed by atoms with Crippen LogP contribution >= 0.6 is 0 Å². The number of hydrogen-bond donors (Lipinski definition) is 1. The van der Waals surface area contributed by atoms with E-state index in [1.807, 2.05) is 24.3 Å². The van der Waals surface area contributed by atoms with Crippen LogP contribution in [-0.4, -0.2) is 38.4 Å². The molecule has 0 unspecified atom stereocenters. The largest absolute Gasteiger partial charge is 0.497 e. The van der Waals surface area contributed by atoms with E-state index < -0.39 is 6.10 Å². The average Bonchev–Trinajstić information content (AvgIpc) is 2.66. The molecule has 6 nitrogen and oxygen atoms in total. The number of benzene rings is 2. The Bertz CT molecular complexity index is 716. The van der Waals surface area contributed by atoms with Crippen LogP contribution in [0.1, 0.15) is 6.92 Å². The molecule has 2 aromatic carbocycles. The standard InChI is InChI=1S/C19H21NO5/c1-13(24-15-9-7-14(22-2)8-10-15)19(21)20-11-16-12-23-17-5-3-4-6-18(17)25-16/h3-10,13,16H,11-12H2,1-2H3,(H,20,21)/t13-,16-/m1/s1. The monoisotopic (exact) mass is 343 g/mol. The summed E-state index contributed by atoms with van der Waals surface area (Å²) in [5.74, 6) is 2.55. The Morgan fingerprint density at radius 1 is 1.16 bits per heavy atom. The Morgan fingerprint density at radius 3 is 2.56 bits per heavy atom. The van der Waals surface area contributed by atoms with Gasteiger partial charge in [0.15, 0.2) is 17.6 Å². The molecule has 1 heterocycles. The van der Waals surface area contributed by atoms with Gasteiger partial charge in [0.05, 0.1) is 13.7 Å². The molecule has 2 atom stereocenters. The molecular formula is C19H21NO5. The van der Waals surface area contributed by atoms with Gasteiger partial charge in [0, 0.05) is 0 Å². The minimum atomic E-state index is -0.620. The van der Waals surface area contributed by atoms with Gasteiger partial charge in [0.2, 0.25) is 0 Å². The molecule has 6 heteroatoms. The van der Waals surface area contributed by atoms with Crippen LogP contribution in [0.15, 0.2) is 48.5 Å². The molecule has 0 spiro atoms. The van der Waals surface area contributed by atoms with Crippen LogP contribution in [0.3, 0.4) is 0 Å². The highest BCUT2D eigenvalue weighted by molar-refractivity contribution is 5.80. The Hall–Kier alpha value is -2.89. The number of para-hydroxylation sites is 2. The van der Waals surface area contributed by atoms with E-state index in [4.69, 9.17) is 18.9 Å². The van der Waals surface area contributed by atoms with Crippen molar-refractivity contribution in [2.75, 3.05) is 20.3 Å². The van der Waals surface area contributed by atoms with Crippen LogP contribution < -0.4 is 24.3 Å². The lowest BCUT2D eigenvalue weighted by atomic mass is 10.2. The van der Waals surface area contributed by atoms with Crippen LogP contribution in [-0.2, 0) is 4.79 Å². The number of nitrogens with one attached hydrogen (secondary N) is 1. The first-order valence-corrected chi connectivity index (χ1v) is 8.12. The van der Waals surface area contributed by atoms with Gasteiger partial charge in [-0.25, -0.2) is 0 Å². The molecule has 0 fully saturated rings. The van der Waals surface area contributed by atoms with E-state index in [1.54, 1.807) is 38.3 Å². The first-order valence-electron chi connectivity index (χ1n) is 8.12. The van der Waals surface area contributed by atoms with E-state index in [1.165, 1.54) is 0 Å². The topological polar surface area (TPSA) is 66.0 Å². The molecule has 1 N–H and O–H groups in total. The van der Waals surface area contributed by atoms with Crippen molar-refractivity contribution in [1.29, 1.82) is 0 Å². The zero-order valence-electron chi connectivity index (χ0n) is 14.2. The molecule has 0 saturated heterocycles. The number of fused-ring (bicyclic) bond motifs is 1. The lowest BCUT2D eigenvalue weighted by Gasteiger charge is -2.27. The molecule has 2 aromatic rings. The van der Waals surface area contributed by atoms with Crippen molar-refractivity contribution in [1.82, 2.24) is 5.32 Å². The van der Waals surface area contributed by atoms with Crippen LogP contribution in [0, 0.1) is 0 Å². The first-order chi connectivity index (χ1) is 12.2. The molecule has 1 amide bonds. The average molecular weight is 343 g/mol. The van der Waals surface area contributed by atoms with Crippen molar-refractivity contribution in [3.8, 4) is 23.0 Å². The Morgan fingerprint density at radius 2 is 1.84 bits per heavy atom. The normalized spacial score (nSPS) is 16.6. The number of methoxy groups -OCH3 is 1. The fourth-order valence-electron chi connectivity index (χ4n) is 2.43. The van der Waals surface area contributed by atoms with Gasteiger partial charge in [0.25, 0.3) is 5.91 Å². The fourth-order valence-corrected chi connectivity index (χ4v) is 2.43. The van der Waals surface area contributed by atoms with E-state index in [0.717, 1.165) is 11.5 Å². The molecular weight excluding hydrogens is 322 g/mol. The molecule has 1 aliphatic heterocycles. The highest BCUT2D eigenvalue weighted by Gasteiger charge is 2.22. The summed E-state index contributed by atoms with van der Waals surface area (Å²) in [7, 11) is 1.60. The van der Waals surface area contributed by atoms with E-state index in [2.05, 4.69) is 5.32 Å². The molecule has 0 aliphatic carbocycles. The summed E-state index contributed by atoms with van der Waals surface area (Å²) in [5, 5.41) is 2.83. The van der Waals surface area contributed by atoms with Gasteiger partial charge >= 0.3 is 0 Å². The fraction of sp³-hybridized carbons (Fsp3) is 0.316. The Kier molecular flexibility index (Phi) is 5.28. The number of amides is 1. The van der Waals surface area contributed by atoms with E-state index >= 15 is 0 Å². The molecule has 3 rings (SSSR count). The van der Waals surface area contributed by atoms with E-state index in [-0.39, 0.29) is 12.0 Å². The van der Waals surface area contributed by atoms with Crippen molar-refractivity contribution in [2.45, 2.75) is 19.1 Å². The van der Waals surface area contributed by atoms with Gasteiger partial charge in [-0.3, -0.25) is 4.79 Å². The quantitative estimate of drug-likeness (QED) is 0.873. The number of ether oxygens (including phenoxy) is 4. The SMILES string of the molecule is COc1ccc(O[C@H](C)C(=O)NC[C@@H]2COc3ccccc3O2)cc1. The van der Waals surface area contributed by atoms with Crippen LogP contribution in [0.2, 0.25) is 0 Å². The van der Waals surface area contributed by atoms with Crippen molar-refractivity contribution < 1.29 is 23.7 Å². The second-order valence-corrected chi connectivity index (χ2v) is 5.68. The minimum Gasteiger partial charge on any atom is -0.497 e. The zero-order chi connectivity index (χ0) is 17.6. The summed E-state index contributed by atoms with van der Waals surface area (Å²) in [6.45, 7) is 2.45. The molecule has 25 heavy (non-hydrogen) atoms. The van der Waals surface area contributed by atoms with Gasteiger partial charge in [-0.2, -0.15) is 0 Å². The molecule has 0 radical (unpaired) electrons. The van der Waals surface area contributed by atoms with Crippen molar-refractivity contribution in [3.63, 3.8) is 0 Å². The van der Waals surface area contributed by atoms with Gasteiger partial charge in [-0.15, -0.1) is 0 Å². The van der Waals surface area contributed by atoms with E-state index in [0.29, 0.717) is 24.7 Å². The van der Waals surface area contributed by atoms with Crippen LogP contribution in [0.25, 0.3) is 0 Å². The third-order valence-electron chi connectivity index (χ3n) is 3.81. The maximum absolute atomic E-state index is 12.2. The lowest BCUT2D eigenvalue weighted by molar-refractivity contribution is -0.127. The van der Waals surface area contributed by atoms with Gasteiger partial charge in [0.1, 0.15) is 24.2 Å². The molecule has 0 saturated carbocycles. The van der Waals surface area contributed by atoms with Crippen molar-refractivity contribution in [3.05, 3.63) is 48.5 Å². The van der Waals surface area contributed by atoms with Crippen molar-refractivity contribution >= 4 is 5.91 Å². The summed E-state index contributed by atoms with van der Waals surface area (Å²) >= 11 is 0. The van der Waals surface area contributed by atoms with Gasteiger partial charge in [-0.1, -0.05) is 12.1 Å². The van der Waals surface area contributed by atoms with E-state index in [9.17, 15) is 4.79 Å². The smallest absolute Gasteiger partial charge is 0.260 e. The zero-order valence-corrected chi connectivity index (χ0v) is 14.2. The highest BCUT2D eigenvalue weighted by atomic mass is 16.6. The Labute approximate surface area is 146 Å². The summed E-state index contributed by atoms with van der Waals surface area (Å²) in [6.07, 6.45) is -0.850. The maximum atomic E-state index is 12.2. The molecule has 132 valence electrons. The molecule has 1 aliphatic rings. The number of carbonyl (C=O) groups excluding carboxylic acids is 1. The minimum absolute atomic E-state index is 0.210. The summed E-state index contributed by atoms with van der Waals surface area (Å²) in [5.41, 5.74) is 0. The predicted molar refractivity (Wildman–Crippen MR) is 92.4 cm³/mol. The predicted octanol–water partition coefficient (Wildman–Crippen LogP) is 2.42. The van der Waals surface area contributed by atoms with Crippen LogP contribution in [0.4, 0.5) is 0 Å². The molecule has 0 aromatic heterocycles. The van der Waals surface area contributed by atoms with Crippen molar-refractivity contribution in [2.24, 2.45) is 0 Å². The number of carbonyl (C=O) groups is 1. The van der Waals surface area contributed by atoms with Gasteiger partial charge in [-0.05, 0) is 43.3 Å². The second-order valence-electron chi connectivity index (χ2n) is 5.68.